The summed E-state index contributed by atoms with van der Waals surface area (Å²) in [6.07, 6.45) is 8.55. The van der Waals surface area contributed by atoms with Gasteiger partial charge < -0.3 is 15.6 Å². The number of rotatable bonds is 1. The van der Waals surface area contributed by atoms with Crippen molar-refractivity contribution in [3.05, 3.63) is 48.0 Å². The lowest BCUT2D eigenvalue weighted by molar-refractivity contribution is -0.0253. The van der Waals surface area contributed by atoms with Gasteiger partial charge in [0, 0.05) is 23.4 Å². The second-order valence-corrected chi connectivity index (χ2v) is 8.34. The summed E-state index contributed by atoms with van der Waals surface area (Å²) in [5.41, 5.74) is 10.1. The molecule has 1 fully saturated rings. The van der Waals surface area contributed by atoms with Gasteiger partial charge in [0.15, 0.2) is 0 Å². The molecule has 2 spiro atoms. The Bertz CT molecular complexity index is 916. The molecule has 1 aromatic carbocycles. The number of fused-ring (bicyclic) bond motifs is 3. The lowest BCUT2D eigenvalue weighted by atomic mass is 9.59. The third-order valence-corrected chi connectivity index (χ3v) is 6.87. The van der Waals surface area contributed by atoms with Crippen LogP contribution in [0, 0.1) is 11.3 Å². The Hall–Kier alpha value is -2.47. The Morgan fingerprint density at radius 1 is 1.22 bits per heavy atom. The first-order valence-corrected chi connectivity index (χ1v) is 9.58. The average Bonchev–Trinajstić information content (AvgIpc) is 3.19. The summed E-state index contributed by atoms with van der Waals surface area (Å²) in [5, 5.41) is 10.3. The van der Waals surface area contributed by atoms with E-state index in [2.05, 4.69) is 35.1 Å². The lowest BCUT2D eigenvalue weighted by Gasteiger charge is -2.47. The van der Waals surface area contributed by atoms with E-state index < -0.39 is 5.54 Å². The minimum atomic E-state index is -0.466. The number of amidine groups is 1. The van der Waals surface area contributed by atoms with E-state index in [0.717, 1.165) is 36.8 Å². The van der Waals surface area contributed by atoms with Gasteiger partial charge in [-0.05, 0) is 54.4 Å². The molecule has 5 rings (SSSR count). The normalized spacial score (nSPS) is 34.5. The maximum atomic E-state index is 10.3. The molecule has 6 heteroatoms. The van der Waals surface area contributed by atoms with Crippen LogP contribution in [-0.2, 0) is 16.7 Å². The predicted molar refractivity (Wildman–Crippen MR) is 102 cm³/mol. The van der Waals surface area contributed by atoms with Crippen molar-refractivity contribution >= 4 is 6.02 Å². The zero-order valence-corrected chi connectivity index (χ0v) is 15.4. The highest BCUT2D eigenvalue weighted by atomic mass is 16.5. The summed E-state index contributed by atoms with van der Waals surface area (Å²) < 4.78 is 5.72. The molecule has 2 aromatic rings. The Morgan fingerprint density at radius 2 is 2.04 bits per heavy atom. The van der Waals surface area contributed by atoms with Crippen LogP contribution in [-0.4, -0.2) is 33.8 Å². The number of ether oxygens (including phenoxy) is 1. The van der Waals surface area contributed by atoms with Gasteiger partial charge in [-0.3, -0.25) is 0 Å². The second kappa shape index (κ2) is 5.76. The van der Waals surface area contributed by atoms with Crippen molar-refractivity contribution in [2.75, 3.05) is 6.61 Å². The van der Waals surface area contributed by atoms with Gasteiger partial charge in [0.25, 0.3) is 6.02 Å². The molecule has 1 aliphatic heterocycles. The molecule has 3 N–H and O–H groups in total. The first-order chi connectivity index (χ1) is 13.0. The van der Waals surface area contributed by atoms with E-state index in [0.29, 0.717) is 6.61 Å². The number of aromatic nitrogens is 2. The molecule has 2 heterocycles. The van der Waals surface area contributed by atoms with Gasteiger partial charge in [-0.2, -0.15) is 0 Å². The SMILES string of the molecule is C[C@H]1C[C@@]2(CC[C@@H]1O)Cc1ccc(-c3cncnc3)cc1C21COC(N)=N1. The topological polar surface area (TPSA) is 93.6 Å². The van der Waals surface area contributed by atoms with E-state index in [4.69, 9.17) is 15.5 Å². The number of aliphatic hydroxyl groups excluding tert-OH is 1. The van der Waals surface area contributed by atoms with Gasteiger partial charge in [0.2, 0.25) is 0 Å². The summed E-state index contributed by atoms with van der Waals surface area (Å²) in [6.45, 7) is 2.61. The van der Waals surface area contributed by atoms with Gasteiger partial charge in [-0.15, -0.1) is 0 Å². The van der Waals surface area contributed by atoms with Crippen LogP contribution < -0.4 is 5.73 Å². The maximum Gasteiger partial charge on any atom is 0.283 e. The number of hydrogen-bond acceptors (Lipinski definition) is 6. The summed E-state index contributed by atoms with van der Waals surface area (Å²) in [7, 11) is 0. The highest BCUT2D eigenvalue weighted by Gasteiger charge is 2.62. The second-order valence-electron chi connectivity index (χ2n) is 8.34. The van der Waals surface area contributed by atoms with Gasteiger partial charge in [0.1, 0.15) is 18.5 Å². The molecular weight excluding hydrogens is 340 g/mol. The summed E-state index contributed by atoms with van der Waals surface area (Å²) in [4.78, 5) is 13.2. The predicted octanol–water partition coefficient (Wildman–Crippen LogP) is 2.41. The van der Waals surface area contributed by atoms with Gasteiger partial charge in [-0.1, -0.05) is 19.1 Å². The Labute approximate surface area is 158 Å². The molecule has 0 saturated heterocycles. The van der Waals surface area contributed by atoms with Crippen molar-refractivity contribution < 1.29 is 9.84 Å². The number of aliphatic hydroxyl groups is 1. The Balaban J connectivity index is 1.65. The zero-order chi connectivity index (χ0) is 18.6. The third kappa shape index (κ3) is 2.32. The molecule has 3 aliphatic rings. The number of hydrogen-bond donors (Lipinski definition) is 2. The molecule has 4 atom stereocenters. The van der Waals surface area contributed by atoms with E-state index in [1.54, 1.807) is 0 Å². The van der Waals surface area contributed by atoms with E-state index in [-0.39, 0.29) is 23.5 Å². The van der Waals surface area contributed by atoms with Crippen molar-refractivity contribution in [1.82, 2.24) is 9.97 Å². The first-order valence-electron chi connectivity index (χ1n) is 9.58. The molecule has 27 heavy (non-hydrogen) atoms. The molecule has 0 amide bonds. The average molecular weight is 364 g/mol. The van der Waals surface area contributed by atoms with Crippen LogP contribution >= 0.6 is 0 Å². The Morgan fingerprint density at radius 3 is 2.74 bits per heavy atom. The first kappa shape index (κ1) is 16.7. The van der Waals surface area contributed by atoms with Gasteiger partial charge in [0.05, 0.1) is 6.10 Å². The zero-order valence-electron chi connectivity index (χ0n) is 15.4. The lowest BCUT2D eigenvalue weighted by Crippen LogP contribution is -2.48. The highest BCUT2D eigenvalue weighted by molar-refractivity contribution is 5.75. The van der Waals surface area contributed by atoms with Crippen molar-refractivity contribution in [1.29, 1.82) is 0 Å². The van der Waals surface area contributed by atoms with Crippen LogP contribution in [0.2, 0.25) is 0 Å². The van der Waals surface area contributed by atoms with Crippen LogP contribution in [0.5, 0.6) is 0 Å². The monoisotopic (exact) mass is 364 g/mol. The van der Waals surface area contributed by atoms with E-state index in [1.807, 2.05) is 12.4 Å². The number of benzene rings is 1. The molecule has 6 nitrogen and oxygen atoms in total. The molecule has 0 radical (unpaired) electrons. The smallest absolute Gasteiger partial charge is 0.283 e. The van der Waals surface area contributed by atoms with E-state index in [9.17, 15) is 5.11 Å². The summed E-state index contributed by atoms with van der Waals surface area (Å²) in [6, 6.07) is 6.82. The molecule has 2 aliphatic carbocycles. The Kier molecular flexibility index (Phi) is 3.56. The molecular formula is C21H24N4O2. The molecule has 1 unspecified atom stereocenters. The fourth-order valence-electron chi connectivity index (χ4n) is 5.48. The standard InChI is InChI=1S/C21H24N4O2/c1-13-7-20(5-4-18(13)26)8-15-3-2-14(16-9-23-12-24-10-16)6-17(15)21(20)11-27-19(22)25-21/h2-3,6,9-10,12-13,18,26H,4-5,7-8,11H2,1H3,(H2,22,25)/t13-,18-,20-,21?/m0/s1. The van der Waals surface area contributed by atoms with Gasteiger partial charge >= 0.3 is 0 Å². The minimum absolute atomic E-state index is 0.0547. The minimum Gasteiger partial charge on any atom is -0.462 e. The van der Waals surface area contributed by atoms with E-state index in [1.165, 1.54) is 17.5 Å². The van der Waals surface area contributed by atoms with Crippen LogP contribution in [0.25, 0.3) is 11.1 Å². The molecule has 1 aromatic heterocycles. The maximum absolute atomic E-state index is 10.3. The number of nitrogens with zero attached hydrogens (tertiary/aromatic N) is 3. The number of nitrogens with two attached hydrogens (primary N) is 1. The number of aliphatic imine (C=N–C) groups is 1. The molecule has 140 valence electrons. The quantitative estimate of drug-likeness (QED) is 0.810. The van der Waals surface area contributed by atoms with Crippen molar-refractivity contribution in [2.45, 2.75) is 44.2 Å². The summed E-state index contributed by atoms with van der Waals surface area (Å²) >= 11 is 0. The largest absolute Gasteiger partial charge is 0.462 e. The fourth-order valence-corrected chi connectivity index (χ4v) is 5.48. The summed E-state index contributed by atoms with van der Waals surface area (Å²) in [5.74, 6) is 0.240. The third-order valence-electron chi connectivity index (χ3n) is 6.87. The van der Waals surface area contributed by atoms with Crippen molar-refractivity contribution in [2.24, 2.45) is 22.1 Å². The van der Waals surface area contributed by atoms with Crippen molar-refractivity contribution in [3.8, 4) is 11.1 Å². The van der Waals surface area contributed by atoms with E-state index >= 15 is 0 Å². The molecule has 1 saturated carbocycles. The fraction of sp³-hybridized carbons (Fsp3) is 0.476. The van der Waals surface area contributed by atoms with Crippen LogP contribution in [0.4, 0.5) is 0 Å². The van der Waals surface area contributed by atoms with Crippen molar-refractivity contribution in [3.63, 3.8) is 0 Å². The van der Waals surface area contributed by atoms with Crippen LogP contribution in [0.3, 0.4) is 0 Å². The van der Waals surface area contributed by atoms with Gasteiger partial charge in [-0.25, -0.2) is 15.0 Å². The van der Waals surface area contributed by atoms with Crippen LogP contribution in [0.1, 0.15) is 37.3 Å². The highest BCUT2D eigenvalue weighted by Crippen LogP contribution is 2.62. The van der Waals surface area contributed by atoms with Crippen LogP contribution in [0.15, 0.2) is 41.9 Å². The molecule has 0 bridgehead atoms.